The Morgan fingerprint density at radius 2 is 1.54 bits per heavy atom. The van der Waals surface area contributed by atoms with Crippen molar-refractivity contribution in [2.45, 2.75) is 39.4 Å². The van der Waals surface area contributed by atoms with Crippen molar-refractivity contribution in [1.82, 2.24) is 9.97 Å². The van der Waals surface area contributed by atoms with Gasteiger partial charge in [-0.15, -0.1) is 59.7 Å². The zero-order valence-electron chi connectivity index (χ0n) is 27.5. The van der Waals surface area contributed by atoms with Crippen LogP contribution in [-0.4, -0.2) is 18.0 Å². The van der Waals surface area contributed by atoms with Gasteiger partial charge in [0.25, 0.3) is 0 Å². The van der Waals surface area contributed by atoms with Gasteiger partial charge in [-0.05, 0) is 55.8 Å². The summed E-state index contributed by atoms with van der Waals surface area (Å²) in [6, 6.07) is 40.1. The number of fused-ring (bicyclic) bond motifs is 3. The molecule has 1 radical (unpaired) electrons. The van der Waals surface area contributed by atoms with E-state index in [0.717, 1.165) is 43.6 Å². The SMILES string of the molecule is C[Si](C)(C)c1cnc(-c2[c-]cccc2)cc1-c1ccccc1.[2H]C(C)(C)c1ccnc(-c2[c-]ccc3c2sc2c(F)cccc23)c1.[Ir]. The predicted molar refractivity (Wildman–Crippen MR) is 192 cm³/mol. The second kappa shape index (κ2) is 14.3. The number of hydrogen-bond acceptors (Lipinski definition) is 3. The van der Waals surface area contributed by atoms with Crippen LogP contribution in [0, 0.1) is 17.9 Å². The van der Waals surface area contributed by atoms with Crippen LogP contribution in [0.5, 0.6) is 0 Å². The summed E-state index contributed by atoms with van der Waals surface area (Å²) in [4.78, 5) is 9.17. The van der Waals surface area contributed by atoms with Crippen LogP contribution < -0.4 is 5.19 Å². The first-order valence-electron chi connectivity index (χ1n) is 15.5. The minimum Gasteiger partial charge on any atom is -0.305 e. The predicted octanol–water partition coefficient (Wildman–Crippen LogP) is 10.9. The van der Waals surface area contributed by atoms with Crippen molar-refractivity contribution >= 4 is 44.8 Å². The van der Waals surface area contributed by atoms with Crippen LogP contribution >= 0.6 is 11.3 Å². The van der Waals surface area contributed by atoms with Crippen LogP contribution in [0.25, 0.3) is 53.8 Å². The molecule has 0 N–H and O–H groups in total. The summed E-state index contributed by atoms with van der Waals surface area (Å²) in [5.74, 6) is -0.897. The number of pyridine rings is 2. The number of hydrogen-bond donors (Lipinski definition) is 0. The molecule has 0 amide bonds. The first-order valence-corrected chi connectivity index (χ1v) is 19.3. The molecule has 46 heavy (non-hydrogen) atoms. The smallest absolute Gasteiger partial charge is 0.140 e. The van der Waals surface area contributed by atoms with Gasteiger partial charge < -0.3 is 9.97 Å². The summed E-state index contributed by atoms with van der Waals surface area (Å²) in [6.07, 6.45) is 3.80. The number of benzene rings is 4. The second-order valence-corrected chi connectivity index (χ2v) is 18.3. The summed E-state index contributed by atoms with van der Waals surface area (Å²) < 4.78 is 24.0. The molecule has 3 heterocycles. The van der Waals surface area contributed by atoms with Gasteiger partial charge in [0.15, 0.2) is 0 Å². The summed E-state index contributed by atoms with van der Waals surface area (Å²) in [7, 11) is -1.46. The van der Waals surface area contributed by atoms with Crippen molar-refractivity contribution in [3.8, 4) is 33.6 Å². The zero-order chi connectivity index (χ0) is 32.5. The Kier molecular flexibility index (Phi) is 10.0. The molecular weight excluding hydrogens is 780 g/mol. The third-order valence-corrected chi connectivity index (χ3v) is 11.0. The van der Waals surface area contributed by atoms with Crippen molar-refractivity contribution in [2.75, 3.05) is 0 Å². The molecule has 4 aromatic carbocycles. The van der Waals surface area contributed by atoms with E-state index >= 15 is 0 Å². The maximum atomic E-state index is 14.1. The third kappa shape index (κ3) is 7.11. The molecule has 0 atom stereocenters. The number of nitrogens with zero attached hydrogens (tertiary/aromatic N) is 2. The Morgan fingerprint density at radius 3 is 2.26 bits per heavy atom. The number of aromatic nitrogens is 2. The molecule has 0 fully saturated rings. The molecule has 0 saturated carbocycles. The molecule has 0 bridgehead atoms. The molecule has 0 spiro atoms. The minimum absolute atomic E-state index is 0. The van der Waals surface area contributed by atoms with Crippen LogP contribution in [0.1, 0.15) is 26.7 Å². The van der Waals surface area contributed by atoms with Crippen LogP contribution in [0.15, 0.2) is 116 Å². The zero-order valence-corrected chi connectivity index (χ0v) is 30.7. The maximum Gasteiger partial charge on any atom is 0.140 e. The monoisotopic (exact) mass is 816 g/mol. The normalized spacial score (nSPS) is 11.8. The second-order valence-electron chi connectivity index (χ2n) is 12.3. The van der Waals surface area contributed by atoms with Gasteiger partial charge in [-0.1, -0.05) is 99.0 Å². The van der Waals surface area contributed by atoms with E-state index in [2.05, 4.69) is 85.4 Å². The Labute approximate surface area is 291 Å². The van der Waals surface area contributed by atoms with Crippen molar-refractivity contribution in [3.63, 3.8) is 0 Å². The van der Waals surface area contributed by atoms with E-state index in [-0.39, 0.29) is 25.9 Å². The van der Waals surface area contributed by atoms with Gasteiger partial charge in [-0.2, -0.15) is 11.3 Å². The van der Waals surface area contributed by atoms with Gasteiger partial charge in [-0.25, -0.2) is 4.39 Å². The number of halogens is 1. The molecule has 0 aliphatic rings. The van der Waals surface area contributed by atoms with E-state index in [9.17, 15) is 4.39 Å². The molecular formula is C40H35FIrN2SSi-2. The molecule has 2 nitrogen and oxygen atoms in total. The first kappa shape index (κ1) is 32.1. The van der Waals surface area contributed by atoms with Crippen LogP contribution in [0.3, 0.4) is 0 Å². The number of rotatable bonds is 5. The molecule has 0 saturated heterocycles. The molecule has 7 rings (SSSR count). The summed E-state index contributed by atoms with van der Waals surface area (Å²) >= 11 is 1.43. The standard InChI is InChI=1S/C20H15FNS.C20H20NSi.Ir/c1-12(2)13-9-10-22-18(11-13)16-7-3-5-14-15-6-4-8-17(21)20(15)23-19(14)16;1-22(2,3)20-15-21-19(17-12-8-5-9-13-17)14-18(20)16-10-6-4-7-11-16;/h3-6,8-12H,1-2H3;4-12,14-15H,1-3H3;/q2*-1;/i12D;;. The van der Waals surface area contributed by atoms with Crippen molar-refractivity contribution in [2.24, 2.45) is 0 Å². The van der Waals surface area contributed by atoms with Gasteiger partial charge >= 0.3 is 0 Å². The van der Waals surface area contributed by atoms with Gasteiger partial charge in [0.1, 0.15) is 5.82 Å². The van der Waals surface area contributed by atoms with Crippen molar-refractivity contribution < 1.29 is 25.9 Å². The summed E-state index contributed by atoms with van der Waals surface area (Å²) in [5, 5.41) is 3.33. The van der Waals surface area contributed by atoms with E-state index in [0.29, 0.717) is 4.70 Å². The Balaban J connectivity index is 0.000000181. The number of thiophene rings is 1. The molecule has 0 aliphatic carbocycles. The molecule has 6 heteroatoms. The minimum atomic E-state index is -1.46. The largest absolute Gasteiger partial charge is 0.305 e. The van der Waals surface area contributed by atoms with Crippen LogP contribution in [0.2, 0.25) is 19.6 Å². The van der Waals surface area contributed by atoms with E-state index in [1.165, 1.54) is 33.7 Å². The average molecular weight is 816 g/mol. The fraction of sp³-hybridized carbons (Fsp3) is 0.150. The van der Waals surface area contributed by atoms with Gasteiger partial charge in [0, 0.05) is 33.9 Å². The molecule has 233 valence electrons. The van der Waals surface area contributed by atoms with E-state index in [4.69, 9.17) is 6.35 Å². The Morgan fingerprint density at radius 1 is 0.783 bits per heavy atom. The molecule has 7 aromatic rings. The Bertz CT molecular complexity index is 2140. The van der Waals surface area contributed by atoms with E-state index in [1.54, 1.807) is 12.3 Å². The molecule has 0 unspecified atom stereocenters. The average Bonchev–Trinajstić information content (AvgIpc) is 3.45. The van der Waals surface area contributed by atoms with E-state index in [1.807, 2.05) is 62.4 Å². The van der Waals surface area contributed by atoms with Crippen molar-refractivity contribution in [3.05, 3.63) is 139 Å². The van der Waals surface area contributed by atoms with E-state index < -0.39 is 14.0 Å². The van der Waals surface area contributed by atoms with Gasteiger partial charge in [0.2, 0.25) is 0 Å². The van der Waals surface area contributed by atoms with Gasteiger partial charge in [-0.3, -0.25) is 0 Å². The fourth-order valence-corrected chi connectivity index (χ4v) is 8.09. The first-order chi connectivity index (χ1) is 22.0. The van der Waals surface area contributed by atoms with Crippen molar-refractivity contribution in [1.29, 1.82) is 0 Å². The topological polar surface area (TPSA) is 25.8 Å². The summed E-state index contributed by atoms with van der Waals surface area (Å²) in [6.45, 7) is 10.8. The maximum absolute atomic E-state index is 14.1. The van der Waals surface area contributed by atoms with Crippen LogP contribution in [0.4, 0.5) is 4.39 Å². The Hall–Kier alpha value is -3.80. The fourth-order valence-electron chi connectivity index (χ4n) is 5.41. The van der Waals surface area contributed by atoms with Crippen LogP contribution in [-0.2, 0) is 20.1 Å². The van der Waals surface area contributed by atoms with Gasteiger partial charge in [0.05, 0.1) is 12.8 Å². The molecule has 0 aliphatic heterocycles. The molecule has 3 aromatic heterocycles. The summed E-state index contributed by atoms with van der Waals surface area (Å²) in [5.41, 5.74) is 7.12. The third-order valence-electron chi connectivity index (χ3n) is 7.79. The quantitative estimate of drug-likeness (QED) is 0.128.